The van der Waals surface area contributed by atoms with Crippen molar-refractivity contribution in [3.05, 3.63) is 70.6 Å². The molecule has 1 heterocycles. The van der Waals surface area contributed by atoms with Gasteiger partial charge in [-0.2, -0.15) is 0 Å². The lowest BCUT2D eigenvalue weighted by atomic mass is 9.83. The Morgan fingerprint density at radius 2 is 2.13 bits per heavy atom. The zero-order valence-electron chi connectivity index (χ0n) is 13.6. The maximum absolute atomic E-state index is 12.0. The number of benzene rings is 1. The molecule has 0 atom stereocenters. The van der Waals surface area contributed by atoms with Crippen LogP contribution in [0, 0.1) is 0 Å². The largest absolute Gasteiger partial charge is 0.462 e. The number of nitrogens with zero attached hydrogens (tertiary/aromatic N) is 1. The first kappa shape index (κ1) is 15.5. The molecule has 3 heteroatoms. The van der Waals surface area contributed by atoms with Crippen LogP contribution >= 0.6 is 0 Å². The Hall–Kier alpha value is -2.42. The normalized spacial score (nSPS) is 13.7. The van der Waals surface area contributed by atoms with Crippen molar-refractivity contribution in [1.82, 2.24) is 4.98 Å². The second-order valence-corrected chi connectivity index (χ2v) is 5.86. The van der Waals surface area contributed by atoms with Crippen molar-refractivity contribution in [2.24, 2.45) is 0 Å². The highest BCUT2D eigenvalue weighted by atomic mass is 16.5. The van der Waals surface area contributed by atoms with E-state index in [1.54, 1.807) is 6.20 Å². The van der Waals surface area contributed by atoms with E-state index in [2.05, 4.69) is 24.0 Å². The summed E-state index contributed by atoms with van der Waals surface area (Å²) >= 11 is 0. The molecule has 0 saturated carbocycles. The predicted octanol–water partition coefficient (Wildman–Crippen LogP) is 4.22. The molecule has 0 radical (unpaired) electrons. The summed E-state index contributed by atoms with van der Waals surface area (Å²) in [5, 5.41) is 0. The molecule has 0 N–H and O–H groups in total. The Bertz CT molecular complexity index is 747. The number of fused-ring (bicyclic) bond motifs is 1. The molecular weight excluding hydrogens is 286 g/mol. The summed E-state index contributed by atoms with van der Waals surface area (Å²) in [5.74, 6) is -0.248. The molecule has 0 unspecified atom stereocenters. The maximum atomic E-state index is 12.0. The molecule has 0 saturated heterocycles. The molecule has 1 aliphatic carbocycles. The van der Waals surface area contributed by atoms with E-state index in [0.29, 0.717) is 12.2 Å². The molecule has 1 aromatic carbocycles. The smallest absolute Gasteiger partial charge is 0.338 e. The van der Waals surface area contributed by atoms with Gasteiger partial charge in [-0.3, -0.25) is 4.98 Å². The van der Waals surface area contributed by atoms with E-state index in [9.17, 15) is 4.79 Å². The molecule has 23 heavy (non-hydrogen) atoms. The quantitative estimate of drug-likeness (QED) is 0.794. The summed E-state index contributed by atoms with van der Waals surface area (Å²) in [7, 11) is 0. The molecule has 0 aliphatic heterocycles. The number of aromatic nitrogens is 1. The average Bonchev–Trinajstić information content (AvgIpc) is 2.58. The third-order valence-electron chi connectivity index (χ3n) is 4.39. The summed E-state index contributed by atoms with van der Waals surface area (Å²) < 4.78 is 5.11. The van der Waals surface area contributed by atoms with Crippen LogP contribution in [0.25, 0.3) is 5.57 Å². The van der Waals surface area contributed by atoms with Gasteiger partial charge in [0.15, 0.2) is 0 Å². The van der Waals surface area contributed by atoms with E-state index in [4.69, 9.17) is 4.74 Å². The Morgan fingerprint density at radius 3 is 2.87 bits per heavy atom. The first-order valence-electron chi connectivity index (χ1n) is 8.07. The average molecular weight is 307 g/mol. The number of carbonyl (C=O) groups is 1. The van der Waals surface area contributed by atoms with Gasteiger partial charge in [0.05, 0.1) is 12.2 Å². The summed E-state index contributed by atoms with van der Waals surface area (Å²) in [5.41, 5.74) is 7.05. The zero-order chi connectivity index (χ0) is 16.2. The van der Waals surface area contributed by atoms with Crippen LogP contribution in [0.3, 0.4) is 0 Å². The van der Waals surface area contributed by atoms with Crippen molar-refractivity contribution in [3.8, 4) is 0 Å². The van der Waals surface area contributed by atoms with Crippen LogP contribution < -0.4 is 0 Å². The second kappa shape index (κ2) is 6.78. The molecule has 3 nitrogen and oxygen atoms in total. The van der Waals surface area contributed by atoms with E-state index in [-0.39, 0.29) is 5.97 Å². The number of aryl methyl sites for hydroxylation is 1. The third kappa shape index (κ3) is 3.34. The highest BCUT2D eigenvalue weighted by Crippen LogP contribution is 2.33. The first-order valence-corrected chi connectivity index (χ1v) is 8.07. The summed E-state index contributed by atoms with van der Waals surface area (Å²) in [6.45, 7) is 4.38. The van der Waals surface area contributed by atoms with Crippen molar-refractivity contribution >= 4 is 11.5 Å². The van der Waals surface area contributed by atoms with Gasteiger partial charge in [0.1, 0.15) is 0 Å². The van der Waals surface area contributed by atoms with Gasteiger partial charge in [0.25, 0.3) is 0 Å². The van der Waals surface area contributed by atoms with Crippen LogP contribution in [0.1, 0.15) is 47.3 Å². The van der Waals surface area contributed by atoms with Gasteiger partial charge in [-0.1, -0.05) is 17.7 Å². The van der Waals surface area contributed by atoms with Crippen LogP contribution in [0.2, 0.25) is 0 Å². The molecule has 0 spiro atoms. The third-order valence-corrected chi connectivity index (χ3v) is 4.39. The summed E-state index contributed by atoms with van der Waals surface area (Å²) in [6, 6.07) is 9.99. The number of esters is 1. The number of hydrogen-bond acceptors (Lipinski definition) is 3. The number of ether oxygens (including phenoxy) is 1. The molecular formula is C20H21NO2. The molecule has 118 valence electrons. The van der Waals surface area contributed by atoms with Gasteiger partial charge < -0.3 is 4.74 Å². The van der Waals surface area contributed by atoms with Crippen LogP contribution in [0.5, 0.6) is 0 Å². The van der Waals surface area contributed by atoms with E-state index >= 15 is 0 Å². The van der Waals surface area contributed by atoms with Gasteiger partial charge in [-0.15, -0.1) is 0 Å². The number of carbonyl (C=O) groups excluding carboxylic acids is 1. The van der Waals surface area contributed by atoms with E-state index in [1.165, 1.54) is 27.8 Å². The van der Waals surface area contributed by atoms with E-state index in [1.807, 2.05) is 31.3 Å². The minimum Gasteiger partial charge on any atom is -0.462 e. The molecule has 0 amide bonds. The Kier molecular flexibility index (Phi) is 4.56. The Balaban J connectivity index is 1.92. The Labute approximate surface area is 137 Å². The number of allylic oxidation sites excluding steroid dienone is 2. The number of pyridine rings is 1. The fourth-order valence-corrected chi connectivity index (χ4v) is 3.12. The van der Waals surface area contributed by atoms with Crippen LogP contribution in [0.4, 0.5) is 0 Å². The number of rotatable bonds is 4. The van der Waals surface area contributed by atoms with Crippen molar-refractivity contribution < 1.29 is 9.53 Å². The van der Waals surface area contributed by atoms with Crippen molar-refractivity contribution in [1.29, 1.82) is 0 Å². The maximum Gasteiger partial charge on any atom is 0.338 e. The highest BCUT2D eigenvalue weighted by molar-refractivity contribution is 5.91. The van der Waals surface area contributed by atoms with E-state index in [0.717, 1.165) is 19.3 Å². The predicted molar refractivity (Wildman–Crippen MR) is 91.3 cm³/mol. The van der Waals surface area contributed by atoms with Gasteiger partial charge in [-0.25, -0.2) is 4.79 Å². The molecule has 2 aromatic rings. The molecule has 1 aliphatic rings. The molecule has 0 bridgehead atoms. The van der Waals surface area contributed by atoms with Gasteiger partial charge in [0.2, 0.25) is 0 Å². The Morgan fingerprint density at radius 1 is 1.26 bits per heavy atom. The van der Waals surface area contributed by atoms with Crippen molar-refractivity contribution in [2.45, 2.75) is 33.1 Å². The van der Waals surface area contributed by atoms with Crippen LogP contribution in [-0.4, -0.2) is 17.6 Å². The van der Waals surface area contributed by atoms with Crippen LogP contribution in [-0.2, 0) is 17.6 Å². The molecule has 3 rings (SSSR count). The minimum atomic E-state index is -0.248. The fraction of sp³-hybridized carbons (Fsp3) is 0.300. The van der Waals surface area contributed by atoms with Gasteiger partial charge in [0, 0.05) is 12.4 Å². The van der Waals surface area contributed by atoms with Crippen LogP contribution in [0.15, 0.2) is 48.3 Å². The highest BCUT2D eigenvalue weighted by Gasteiger charge is 2.18. The lowest BCUT2D eigenvalue weighted by Crippen LogP contribution is -2.09. The topological polar surface area (TPSA) is 39.2 Å². The van der Waals surface area contributed by atoms with E-state index < -0.39 is 0 Å². The SMILES string of the molecule is CCOC(=O)c1ccc2c(c1)C(C)=C(Cc1cccnc1)CC2. The fourth-order valence-electron chi connectivity index (χ4n) is 3.12. The summed E-state index contributed by atoms with van der Waals surface area (Å²) in [4.78, 5) is 16.2. The minimum absolute atomic E-state index is 0.248. The molecule has 1 aromatic heterocycles. The van der Waals surface area contributed by atoms with Crippen molar-refractivity contribution in [3.63, 3.8) is 0 Å². The first-order chi connectivity index (χ1) is 11.2. The van der Waals surface area contributed by atoms with Gasteiger partial charge in [-0.05, 0) is 73.6 Å². The van der Waals surface area contributed by atoms with Crippen molar-refractivity contribution in [2.75, 3.05) is 6.61 Å². The van der Waals surface area contributed by atoms with Gasteiger partial charge >= 0.3 is 5.97 Å². The number of hydrogen-bond donors (Lipinski definition) is 0. The lowest BCUT2D eigenvalue weighted by Gasteiger charge is -2.22. The zero-order valence-corrected chi connectivity index (χ0v) is 13.6. The lowest BCUT2D eigenvalue weighted by molar-refractivity contribution is 0.0526. The monoisotopic (exact) mass is 307 g/mol. The standard InChI is InChI=1S/C20H21NO2/c1-3-23-20(22)18-9-7-16-6-8-17(14(2)19(16)12-18)11-15-5-4-10-21-13-15/h4-5,7,9-10,12-13H,3,6,8,11H2,1-2H3. The summed E-state index contributed by atoms with van der Waals surface area (Å²) in [6.07, 6.45) is 6.72. The molecule has 0 fully saturated rings. The second-order valence-electron chi connectivity index (χ2n) is 5.86.